The third-order valence-corrected chi connectivity index (χ3v) is 9.71. The Morgan fingerprint density at radius 3 is 1.68 bits per heavy atom. The van der Waals surface area contributed by atoms with Crippen molar-refractivity contribution in [1.82, 2.24) is 0 Å². The van der Waals surface area contributed by atoms with Gasteiger partial charge in [0.2, 0.25) is 0 Å². The SMILES string of the molecule is Cc1sc(-c2ccc(CN)cc2)cc1C1=C(c2c(C)sc(-c3ccc(CN)cc3)c2C)C(F)(F)C(F)(F)C1(F)F. The van der Waals surface area contributed by atoms with Gasteiger partial charge < -0.3 is 11.5 Å². The maximum absolute atomic E-state index is 15.6. The lowest BCUT2D eigenvalue weighted by Gasteiger charge is -2.26. The minimum Gasteiger partial charge on any atom is -0.326 e. The number of benzene rings is 2. The number of alkyl halides is 6. The third-order valence-electron chi connectivity index (χ3n) is 7.35. The highest BCUT2D eigenvalue weighted by atomic mass is 32.1. The Bertz CT molecular complexity index is 1610. The van der Waals surface area contributed by atoms with Gasteiger partial charge in [0, 0.05) is 49.3 Å². The van der Waals surface area contributed by atoms with Crippen molar-refractivity contribution in [3.63, 3.8) is 0 Å². The summed E-state index contributed by atoms with van der Waals surface area (Å²) >= 11 is 2.19. The fourth-order valence-electron chi connectivity index (χ4n) is 5.18. The molecule has 2 aromatic heterocycles. The zero-order valence-electron chi connectivity index (χ0n) is 21.8. The van der Waals surface area contributed by atoms with E-state index >= 15 is 26.3 Å². The quantitative estimate of drug-likeness (QED) is 0.220. The number of nitrogens with two attached hydrogens (primary N) is 2. The molecule has 0 atom stereocenters. The van der Waals surface area contributed by atoms with Crippen molar-refractivity contribution in [2.24, 2.45) is 11.5 Å². The number of aryl methyl sites for hydroxylation is 2. The maximum atomic E-state index is 15.6. The second-order valence-corrected chi connectivity index (χ2v) is 12.3. The number of rotatable bonds is 6. The van der Waals surface area contributed by atoms with Gasteiger partial charge in [0.1, 0.15) is 0 Å². The Hall–Kier alpha value is -2.92. The Labute approximate surface area is 236 Å². The van der Waals surface area contributed by atoms with Crippen LogP contribution in [0.4, 0.5) is 26.3 Å². The van der Waals surface area contributed by atoms with E-state index in [0.29, 0.717) is 34.0 Å². The molecule has 0 amide bonds. The van der Waals surface area contributed by atoms with Crippen molar-refractivity contribution in [3.05, 3.63) is 92.2 Å². The lowest BCUT2D eigenvalue weighted by Crippen LogP contribution is -2.49. The van der Waals surface area contributed by atoms with Gasteiger partial charge in [-0.25, -0.2) is 0 Å². The summed E-state index contributed by atoms with van der Waals surface area (Å²) in [6.07, 6.45) is 0. The molecule has 5 rings (SSSR count). The standard InChI is InChI=1S/C30H26F6N2S2/c1-15-24(17(3)40-27(15)21-10-6-19(14-38)7-11-21)26-25(28(31,32)30(35,36)29(26,33)34)22-12-23(39-16(22)2)20-8-4-18(13-37)5-9-20/h4-12H,13-14,37-38H2,1-3H3. The Kier molecular flexibility index (Phi) is 7.06. The van der Waals surface area contributed by atoms with Crippen LogP contribution in [-0.2, 0) is 13.1 Å². The number of halogens is 6. The normalized spacial score (nSPS) is 17.6. The van der Waals surface area contributed by atoms with Crippen LogP contribution in [0.25, 0.3) is 32.0 Å². The molecule has 1 aliphatic carbocycles. The third kappa shape index (κ3) is 4.15. The molecule has 2 nitrogen and oxygen atoms in total. The van der Waals surface area contributed by atoms with Crippen LogP contribution in [-0.4, -0.2) is 17.8 Å². The van der Waals surface area contributed by atoms with Crippen molar-refractivity contribution in [2.45, 2.75) is 51.6 Å². The second kappa shape index (κ2) is 9.87. The zero-order chi connectivity index (χ0) is 29.2. The topological polar surface area (TPSA) is 52.0 Å². The predicted molar refractivity (Wildman–Crippen MR) is 151 cm³/mol. The van der Waals surface area contributed by atoms with E-state index in [1.165, 1.54) is 26.8 Å². The van der Waals surface area contributed by atoms with E-state index in [1.807, 2.05) is 0 Å². The molecule has 210 valence electrons. The lowest BCUT2D eigenvalue weighted by atomic mass is 9.91. The zero-order valence-corrected chi connectivity index (χ0v) is 23.5. The molecule has 0 fully saturated rings. The molecule has 0 aliphatic heterocycles. The Morgan fingerprint density at radius 1 is 0.650 bits per heavy atom. The van der Waals surface area contributed by atoms with Crippen molar-refractivity contribution in [2.75, 3.05) is 0 Å². The lowest BCUT2D eigenvalue weighted by molar-refractivity contribution is -0.254. The van der Waals surface area contributed by atoms with Crippen LogP contribution in [0.2, 0.25) is 0 Å². The van der Waals surface area contributed by atoms with E-state index in [4.69, 9.17) is 11.5 Å². The minimum atomic E-state index is -5.62. The molecule has 10 heteroatoms. The molecular weight excluding hydrogens is 566 g/mol. The van der Waals surface area contributed by atoms with Gasteiger partial charge in [-0.3, -0.25) is 0 Å². The molecule has 4 N–H and O–H groups in total. The highest BCUT2D eigenvalue weighted by Crippen LogP contribution is 2.66. The summed E-state index contributed by atoms with van der Waals surface area (Å²) in [5.41, 5.74) is 11.3. The van der Waals surface area contributed by atoms with Crippen molar-refractivity contribution >= 4 is 33.8 Å². The number of hydrogen-bond donors (Lipinski definition) is 2. The summed E-state index contributed by atoms with van der Waals surface area (Å²) in [7, 11) is 0. The molecule has 0 unspecified atom stereocenters. The average Bonchev–Trinajstić information content (AvgIpc) is 3.47. The van der Waals surface area contributed by atoms with Crippen molar-refractivity contribution < 1.29 is 26.3 Å². The van der Waals surface area contributed by atoms with Crippen LogP contribution in [0.15, 0.2) is 54.6 Å². The van der Waals surface area contributed by atoms with Crippen molar-refractivity contribution in [1.29, 1.82) is 0 Å². The molecule has 2 aromatic carbocycles. The van der Waals surface area contributed by atoms with E-state index in [1.54, 1.807) is 48.5 Å². The number of thiophene rings is 2. The predicted octanol–water partition coefficient (Wildman–Crippen LogP) is 8.82. The summed E-state index contributed by atoms with van der Waals surface area (Å²) in [5.74, 6) is -15.8. The fourth-order valence-corrected chi connectivity index (χ4v) is 7.38. The molecule has 0 spiro atoms. The van der Waals surface area contributed by atoms with Gasteiger partial charge in [0.05, 0.1) is 0 Å². The summed E-state index contributed by atoms with van der Waals surface area (Å²) in [5, 5.41) is 0. The number of allylic oxidation sites excluding steroid dienone is 2. The number of hydrogen-bond acceptors (Lipinski definition) is 4. The molecule has 0 radical (unpaired) electrons. The first-order valence-electron chi connectivity index (χ1n) is 12.4. The van der Waals surface area contributed by atoms with E-state index in [2.05, 4.69) is 0 Å². The molecule has 0 bridgehead atoms. The van der Waals surface area contributed by atoms with Gasteiger partial charge in [-0.15, -0.1) is 22.7 Å². The van der Waals surface area contributed by atoms with Crippen molar-refractivity contribution in [3.8, 4) is 20.9 Å². The van der Waals surface area contributed by atoms with Gasteiger partial charge in [0.25, 0.3) is 0 Å². The van der Waals surface area contributed by atoms with E-state index in [9.17, 15) is 0 Å². The molecule has 40 heavy (non-hydrogen) atoms. The first-order chi connectivity index (χ1) is 18.8. The minimum absolute atomic E-state index is 0.238. The van der Waals surface area contributed by atoms with Gasteiger partial charge in [-0.05, 0) is 60.2 Å². The molecule has 1 aliphatic rings. The smallest absolute Gasteiger partial charge is 0.326 e. The van der Waals surface area contributed by atoms with Crippen LogP contribution in [0.1, 0.15) is 37.6 Å². The van der Waals surface area contributed by atoms with E-state index < -0.39 is 28.9 Å². The molecule has 0 saturated heterocycles. The summed E-state index contributed by atoms with van der Waals surface area (Å²) in [6.45, 7) is 5.08. The van der Waals surface area contributed by atoms with Gasteiger partial charge in [0.15, 0.2) is 0 Å². The van der Waals surface area contributed by atoms with Crippen LogP contribution < -0.4 is 11.5 Å². The first-order valence-corrected chi connectivity index (χ1v) is 14.1. The van der Waals surface area contributed by atoms with E-state index in [0.717, 1.165) is 33.8 Å². The highest BCUT2D eigenvalue weighted by Gasteiger charge is 2.80. The van der Waals surface area contributed by atoms with Crippen LogP contribution >= 0.6 is 22.7 Å². The monoisotopic (exact) mass is 592 g/mol. The Morgan fingerprint density at radius 2 is 1.15 bits per heavy atom. The van der Waals surface area contributed by atoms with Crippen LogP contribution in [0.3, 0.4) is 0 Å². The average molecular weight is 593 g/mol. The van der Waals surface area contributed by atoms with Gasteiger partial charge in [-0.2, -0.15) is 26.3 Å². The molecule has 0 saturated carbocycles. The van der Waals surface area contributed by atoms with Gasteiger partial charge >= 0.3 is 17.8 Å². The summed E-state index contributed by atoms with van der Waals surface area (Å²) in [4.78, 5) is 1.53. The fraction of sp³-hybridized carbons (Fsp3) is 0.267. The van der Waals surface area contributed by atoms with Crippen LogP contribution in [0, 0.1) is 20.8 Å². The van der Waals surface area contributed by atoms with E-state index in [-0.39, 0.29) is 26.4 Å². The molecule has 2 heterocycles. The highest BCUT2D eigenvalue weighted by molar-refractivity contribution is 7.16. The molecule has 4 aromatic rings. The summed E-state index contributed by atoms with van der Waals surface area (Å²) < 4.78 is 92.4. The second-order valence-electron chi connectivity index (χ2n) is 9.84. The van der Waals surface area contributed by atoms with Crippen LogP contribution in [0.5, 0.6) is 0 Å². The largest absolute Gasteiger partial charge is 0.380 e. The summed E-state index contributed by atoms with van der Waals surface area (Å²) in [6, 6.07) is 15.4. The molecular formula is C30H26F6N2S2. The first kappa shape index (κ1) is 28.6. The van der Waals surface area contributed by atoms with Gasteiger partial charge in [-0.1, -0.05) is 48.5 Å². The Balaban J connectivity index is 1.76. The maximum Gasteiger partial charge on any atom is 0.380 e.